The third-order valence-corrected chi connectivity index (χ3v) is 5.68. The Labute approximate surface area is 152 Å². The van der Waals surface area contributed by atoms with Crippen LogP contribution in [0.3, 0.4) is 0 Å². The van der Waals surface area contributed by atoms with Gasteiger partial charge in [0.2, 0.25) is 5.91 Å². The molecule has 0 aromatic carbocycles. The number of aromatic nitrogens is 2. The molecule has 1 aromatic rings. The average molecular weight is 347 g/mol. The molecular weight excluding hydrogens is 312 g/mol. The van der Waals surface area contributed by atoms with Crippen molar-refractivity contribution in [2.24, 2.45) is 11.8 Å². The second-order valence-corrected chi connectivity index (χ2v) is 9.25. The molecule has 25 heavy (non-hydrogen) atoms. The molecule has 2 aliphatic heterocycles. The number of carbonyl (C=O) groups is 1. The highest BCUT2D eigenvalue weighted by atomic mass is 16.2. The molecule has 0 N–H and O–H groups in total. The molecule has 140 valence electrons. The number of rotatable bonds is 4. The van der Waals surface area contributed by atoms with Crippen LogP contribution < -0.4 is 0 Å². The van der Waals surface area contributed by atoms with Crippen molar-refractivity contribution >= 4 is 5.91 Å². The van der Waals surface area contributed by atoms with E-state index in [1.807, 2.05) is 24.9 Å². The van der Waals surface area contributed by atoms with E-state index >= 15 is 0 Å². The predicted molar refractivity (Wildman–Crippen MR) is 101 cm³/mol. The summed E-state index contributed by atoms with van der Waals surface area (Å²) >= 11 is 0. The lowest BCUT2D eigenvalue weighted by Crippen LogP contribution is -2.55. The molecular formula is C20H34N4O. The van der Waals surface area contributed by atoms with Gasteiger partial charge >= 0.3 is 0 Å². The molecule has 0 unspecified atom stereocenters. The number of nitrogens with zero attached hydrogens (tertiary/aromatic N) is 4. The van der Waals surface area contributed by atoms with Gasteiger partial charge in [-0.25, -0.2) is 0 Å². The van der Waals surface area contributed by atoms with Gasteiger partial charge in [0.1, 0.15) is 0 Å². The zero-order chi connectivity index (χ0) is 18.2. The molecule has 1 aromatic heterocycles. The molecule has 3 heterocycles. The van der Waals surface area contributed by atoms with E-state index in [1.165, 1.54) is 18.4 Å². The average Bonchev–Trinajstić information content (AvgIpc) is 3.00. The van der Waals surface area contributed by atoms with E-state index < -0.39 is 0 Å². The summed E-state index contributed by atoms with van der Waals surface area (Å²) in [7, 11) is 0. The van der Waals surface area contributed by atoms with E-state index in [0.717, 1.165) is 32.7 Å². The standard InChI is InChI=1S/C20H34N4O/c1-15(2)19(25)23-12-16(13-23)11-22-8-6-18(7-9-22)24-14-17(10-21-24)20(3,4)5/h10,14-16,18H,6-9,11-13H2,1-5H3. The Morgan fingerprint density at radius 2 is 1.88 bits per heavy atom. The molecule has 0 bridgehead atoms. The molecule has 2 fully saturated rings. The van der Waals surface area contributed by atoms with Crippen LogP contribution in [-0.4, -0.2) is 58.2 Å². The molecule has 0 atom stereocenters. The summed E-state index contributed by atoms with van der Waals surface area (Å²) in [5.41, 5.74) is 1.49. The topological polar surface area (TPSA) is 41.4 Å². The van der Waals surface area contributed by atoms with Gasteiger partial charge in [0, 0.05) is 50.8 Å². The first kappa shape index (κ1) is 18.4. The zero-order valence-corrected chi connectivity index (χ0v) is 16.5. The number of piperidine rings is 1. The van der Waals surface area contributed by atoms with Crippen LogP contribution in [0, 0.1) is 11.8 Å². The first-order valence-electron chi connectivity index (χ1n) is 9.80. The summed E-state index contributed by atoms with van der Waals surface area (Å²) < 4.78 is 2.18. The second kappa shape index (κ2) is 7.10. The highest BCUT2D eigenvalue weighted by Gasteiger charge is 2.33. The van der Waals surface area contributed by atoms with Crippen molar-refractivity contribution in [1.29, 1.82) is 0 Å². The van der Waals surface area contributed by atoms with Crippen molar-refractivity contribution in [1.82, 2.24) is 19.6 Å². The van der Waals surface area contributed by atoms with E-state index in [2.05, 4.69) is 41.6 Å². The first-order chi connectivity index (χ1) is 11.7. The Balaban J connectivity index is 1.42. The molecule has 5 heteroatoms. The van der Waals surface area contributed by atoms with Gasteiger partial charge in [-0.15, -0.1) is 0 Å². The highest BCUT2D eigenvalue weighted by Crippen LogP contribution is 2.27. The summed E-state index contributed by atoms with van der Waals surface area (Å²) in [5, 5.41) is 4.62. The lowest BCUT2D eigenvalue weighted by molar-refractivity contribution is -0.141. The smallest absolute Gasteiger partial charge is 0.225 e. The van der Waals surface area contributed by atoms with Gasteiger partial charge < -0.3 is 9.80 Å². The summed E-state index contributed by atoms with van der Waals surface area (Å²) in [4.78, 5) is 16.5. The molecule has 1 amide bonds. The van der Waals surface area contributed by atoms with Crippen LogP contribution in [0.1, 0.15) is 59.1 Å². The van der Waals surface area contributed by atoms with E-state index in [4.69, 9.17) is 0 Å². The number of hydrogen-bond acceptors (Lipinski definition) is 3. The minimum Gasteiger partial charge on any atom is -0.342 e. The van der Waals surface area contributed by atoms with Crippen molar-refractivity contribution < 1.29 is 4.79 Å². The predicted octanol–water partition coefficient (Wildman–Crippen LogP) is 2.93. The fourth-order valence-electron chi connectivity index (χ4n) is 3.89. The van der Waals surface area contributed by atoms with Crippen molar-refractivity contribution in [2.45, 2.75) is 58.9 Å². The van der Waals surface area contributed by atoms with Crippen molar-refractivity contribution in [3.63, 3.8) is 0 Å². The van der Waals surface area contributed by atoms with Crippen LogP contribution in [0.15, 0.2) is 12.4 Å². The zero-order valence-electron chi connectivity index (χ0n) is 16.5. The molecule has 0 saturated carbocycles. The van der Waals surface area contributed by atoms with Crippen LogP contribution in [0.25, 0.3) is 0 Å². The van der Waals surface area contributed by atoms with Crippen LogP contribution in [0.4, 0.5) is 0 Å². The van der Waals surface area contributed by atoms with Crippen LogP contribution >= 0.6 is 0 Å². The number of likely N-dealkylation sites (tertiary alicyclic amines) is 2. The maximum atomic E-state index is 11.9. The van der Waals surface area contributed by atoms with Crippen molar-refractivity contribution in [3.05, 3.63) is 18.0 Å². The summed E-state index contributed by atoms with van der Waals surface area (Å²) in [6.45, 7) is 16.0. The molecule has 2 saturated heterocycles. The summed E-state index contributed by atoms with van der Waals surface area (Å²) in [6, 6.07) is 0.535. The Bertz CT molecular complexity index is 587. The third-order valence-electron chi connectivity index (χ3n) is 5.68. The minimum absolute atomic E-state index is 0.128. The van der Waals surface area contributed by atoms with E-state index in [-0.39, 0.29) is 11.3 Å². The Kier molecular flexibility index (Phi) is 5.24. The SMILES string of the molecule is CC(C)C(=O)N1CC(CN2CCC(n3cc(C(C)(C)C)cn3)CC2)C1. The summed E-state index contributed by atoms with van der Waals surface area (Å²) in [5.74, 6) is 1.10. The normalized spacial score (nSPS) is 21.0. The van der Waals surface area contributed by atoms with E-state index in [9.17, 15) is 4.79 Å². The maximum absolute atomic E-state index is 11.9. The van der Waals surface area contributed by atoms with Crippen LogP contribution in [0.2, 0.25) is 0 Å². The van der Waals surface area contributed by atoms with Gasteiger partial charge in [0.15, 0.2) is 0 Å². The Hall–Kier alpha value is -1.36. The fourth-order valence-corrected chi connectivity index (χ4v) is 3.89. The van der Waals surface area contributed by atoms with Gasteiger partial charge in [-0.3, -0.25) is 9.48 Å². The lowest BCUT2D eigenvalue weighted by Gasteiger charge is -2.43. The van der Waals surface area contributed by atoms with Gasteiger partial charge in [-0.2, -0.15) is 5.10 Å². The highest BCUT2D eigenvalue weighted by molar-refractivity contribution is 5.78. The Morgan fingerprint density at radius 3 is 2.40 bits per heavy atom. The van der Waals surface area contributed by atoms with Gasteiger partial charge in [0.25, 0.3) is 0 Å². The summed E-state index contributed by atoms with van der Waals surface area (Å²) in [6.07, 6.45) is 6.61. The van der Waals surface area contributed by atoms with Crippen molar-refractivity contribution in [2.75, 3.05) is 32.7 Å². The largest absolute Gasteiger partial charge is 0.342 e. The quantitative estimate of drug-likeness (QED) is 0.842. The molecule has 5 nitrogen and oxygen atoms in total. The number of carbonyl (C=O) groups excluding carboxylic acids is 1. The monoisotopic (exact) mass is 346 g/mol. The Morgan fingerprint density at radius 1 is 1.24 bits per heavy atom. The van der Waals surface area contributed by atoms with Crippen molar-refractivity contribution in [3.8, 4) is 0 Å². The maximum Gasteiger partial charge on any atom is 0.225 e. The molecule has 0 aliphatic carbocycles. The minimum atomic E-state index is 0.128. The second-order valence-electron chi connectivity index (χ2n) is 9.25. The third kappa shape index (κ3) is 4.25. The fraction of sp³-hybridized carbons (Fsp3) is 0.800. The number of hydrogen-bond donors (Lipinski definition) is 0. The van der Waals surface area contributed by atoms with Gasteiger partial charge in [0.05, 0.1) is 12.2 Å². The van der Waals surface area contributed by atoms with Crippen LogP contribution in [-0.2, 0) is 10.2 Å². The van der Waals surface area contributed by atoms with Gasteiger partial charge in [-0.05, 0) is 23.8 Å². The van der Waals surface area contributed by atoms with E-state index in [1.54, 1.807) is 0 Å². The molecule has 2 aliphatic rings. The number of amides is 1. The molecule has 3 rings (SSSR count). The molecule has 0 spiro atoms. The van der Waals surface area contributed by atoms with E-state index in [0.29, 0.717) is 17.9 Å². The lowest BCUT2D eigenvalue weighted by atomic mass is 9.90. The first-order valence-corrected chi connectivity index (χ1v) is 9.80. The molecule has 0 radical (unpaired) electrons. The van der Waals surface area contributed by atoms with Crippen LogP contribution in [0.5, 0.6) is 0 Å². The van der Waals surface area contributed by atoms with Gasteiger partial charge in [-0.1, -0.05) is 34.6 Å².